The second kappa shape index (κ2) is 9.16. The molecule has 0 radical (unpaired) electrons. The summed E-state index contributed by atoms with van der Waals surface area (Å²) in [5.41, 5.74) is 1.02. The minimum Gasteiger partial charge on any atom is -0.488 e. The van der Waals surface area contributed by atoms with E-state index >= 15 is 0 Å². The van der Waals surface area contributed by atoms with Gasteiger partial charge in [-0.2, -0.15) is 0 Å². The fourth-order valence-electron chi connectivity index (χ4n) is 3.05. The number of ether oxygens (including phenoxy) is 2. The highest BCUT2D eigenvalue weighted by Gasteiger charge is 2.19. The maximum absolute atomic E-state index is 13.0. The summed E-state index contributed by atoms with van der Waals surface area (Å²) in [5.74, 6) is -0.882. The minimum absolute atomic E-state index is 0.183. The van der Waals surface area contributed by atoms with Crippen molar-refractivity contribution < 1.29 is 23.5 Å². The third-order valence-electron chi connectivity index (χ3n) is 4.47. The smallest absolute Gasteiger partial charge is 0.342 e. The zero-order chi connectivity index (χ0) is 19.1. The molecular weight excluding hydrogens is 349 g/mol. The largest absolute Gasteiger partial charge is 0.488 e. The zero-order valence-corrected chi connectivity index (χ0v) is 14.9. The molecule has 1 saturated carbocycles. The van der Waals surface area contributed by atoms with E-state index in [2.05, 4.69) is 5.32 Å². The van der Waals surface area contributed by atoms with Gasteiger partial charge in [0.2, 0.25) is 0 Å². The summed E-state index contributed by atoms with van der Waals surface area (Å²) in [4.78, 5) is 24.2. The van der Waals surface area contributed by atoms with E-state index < -0.39 is 5.97 Å². The second-order valence-electron chi connectivity index (χ2n) is 6.54. The van der Waals surface area contributed by atoms with Gasteiger partial charge in [0.25, 0.3) is 5.91 Å². The van der Waals surface area contributed by atoms with Gasteiger partial charge in [-0.25, -0.2) is 9.18 Å². The Balaban J connectivity index is 1.54. The van der Waals surface area contributed by atoms with Crippen LogP contribution in [-0.4, -0.2) is 24.5 Å². The summed E-state index contributed by atoms with van der Waals surface area (Å²) in [6.45, 7) is -0.131. The molecule has 0 aromatic heterocycles. The summed E-state index contributed by atoms with van der Waals surface area (Å²) in [7, 11) is 0. The van der Waals surface area contributed by atoms with Crippen LogP contribution in [0.3, 0.4) is 0 Å². The van der Waals surface area contributed by atoms with Gasteiger partial charge in [0.1, 0.15) is 23.7 Å². The number of hydrogen-bond donors (Lipinski definition) is 1. The van der Waals surface area contributed by atoms with Crippen LogP contribution in [0.15, 0.2) is 48.5 Å². The summed E-state index contributed by atoms with van der Waals surface area (Å²) in [6.07, 6.45) is 4.17. The molecule has 0 atom stereocenters. The van der Waals surface area contributed by atoms with E-state index in [4.69, 9.17) is 9.47 Å². The SMILES string of the molecule is O=C(COC(=O)c1ccccc1OCc1ccc(F)cc1)NC1CCCC1. The highest BCUT2D eigenvalue weighted by atomic mass is 19.1. The van der Waals surface area contributed by atoms with Gasteiger partial charge >= 0.3 is 5.97 Å². The molecule has 0 aliphatic heterocycles. The molecule has 0 spiro atoms. The van der Waals surface area contributed by atoms with E-state index in [-0.39, 0.29) is 36.5 Å². The number of hydrogen-bond acceptors (Lipinski definition) is 4. The first-order chi connectivity index (χ1) is 13.1. The average molecular weight is 371 g/mol. The third kappa shape index (κ3) is 5.54. The number of nitrogens with one attached hydrogen (secondary N) is 1. The lowest BCUT2D eigenvalue weighted by molar-refractivity contribution is -0.124. The number of para-hydroxylation sites is 1. The second-order valence-corrected chi connectivity index (χ2v) is 6.54. The predicted molar refractivity (Wildman–Crippen MR) is 97.9 cm³/mol. The zero-order valence-electron chi connectivity index (χ0n) is 14.9. The molecule has 0 bridgehead atoms. The summed E-state index contributed by atoms with van der Waals surface area (Å²) in [5, 5.41) is 2.87. The van der Waals surface area contributed by atoms with Gasteiger partial charge in [-0.3, -0.25) is 4.79 Å². The monoisotopic (exact) mass is 371 g/mol. The van der Waals surface area contributed by atoms with Crippen LogP contribution in [0.4, 0.5) is 4.39 Å². The van der Waals surface area contributed by atoms with E-state index in [9.17, 15) is 14.0 Å². The third-order valence-corrected chi connectivity index (χ3v) is 4.47. The minimum atomic E-state index is -0.619. The maximum Gasteiger partial charge on any atom is 0.342 e. The molecule has 2 aromatic carbocycles. The molecule has 1 amide bonds. The molecule has 5 nitrogen and oxygen atoms in total. The maximum atomic E-state index is 13.0. The van der Waals surface area contributed by atoms with Crippen LogP contribution in [0.2, 0.25) is 0 Å². The van der Waals surface area contributed by atoms with Gasteiger partial charge in [0, 0.05) is 6.04 Å². The standard InChI is InChI=1S/C21H22FNO4/c22-16-11-9-15(10-12-16)13-26-19-8-4-3-7-18(19)21(25)27-14-20(24)23-17-5-1-2-6-17/h3-4,7-12,17H,1-2,5-6,13-14H2,(H,23,24). The number of esters is 1. The summed E-state index contributed by atoms with van der Waals surface area (Å²) < 4.78 is 23.8. The van der Waals surface area contributed by atoms with Crippen LogP contribution >= 0.6 is 0 Å². The molecule has 27 heavy (non-hydrogen) atoms. The van der Waals surface area contributed by atoms with Gasteiger partial charge < -0.3 is 14.8 Å². The average Bonchev–Trinajstić information content (AvgIpc) is 3.19. The Morgan fingerprint density at radius 3 is 2.48 bits per heavy atom. The Morgan fingerprint density at radius 1 is 1.04 bits per heavy atom. The number of amides is 1. The fourth-order valence-corrected chi connectivity index (χ4v) is 3.05. The van der Waals surface area contributed by atoms with Crippen LogP contribution < -0.4 is 10.1 Å². The van der Waals surface area contributed by atoms with E-state index in [1.807, 2.05) is 0 Å². The van der Waals surface area contributed by atoms with Crippen molar-refractivity contribution >= 4 is 11.9 Å². The molecule has 1 aliphatic rings. The van der Waals surface area contributed by atoms with Gasteiger partial charge in [0.15, 0.2) is 6.61 Å². The molecule has 2 aromatic rings. The summed E-state index contributed by atoms with van der Waals surface area (Å²) >= 11 is 0. The first-order valence-electron chi connectivity index (χ1n) is 9.04. The Hall–Kier alpha value is -2.89. The molecule has 3 rings (SSSR count). The van der Waals surface area contributed by atoms with Crippen molar-refractivity contribution in [2.45, 2.75) is 38.3 Å². The van der Waals surface area contributed by atoms with Gasteiger partial charge in [-0.1, -0.05) is 37.1 Å². The molecule has 0 unspecified atom stereocenters. The molecule has 1 N–H and O–H groups in total. The van der Waals surface area contributed by atoms with Crippen molar-refractivity contribution in [1.82, 2.24) is 5.32 Å². The van der Waals surface area contributed by atoms with Crippen LogP contribution in [0.5, 0.6) is 5.75 Å². The topological polar surface area (TPSA) is 64.6 Å². The Morgan fingerprint density at radius 2 is 1.74 bits per heavy atom. The van der Waals surface area contributed by atoms with Crippen LogP contribution in [-0.2, 0) is 16.1 Å². The van der Waals surface area contributed by atoms with E-state index in [0.29, 0.717) is 5.75 Å². The van der Waals surface area contributed by atoms with Crippen molar-refractivity contribution in [2.24, 2.45) is 0 Å². The normalized spacial score (nSPS) is 14.0. The fraction of sp³-hybridized carbons (Fsp3) is 0.333. The van der Waals surface area contributed by atoms with Gasteiger partial charge in [-0.05, 0) is 42.7 Å². The Bertz CT molecular complexity index is 785. The van der Waals surface area contributed by atoms with E-state index in [0.717, 1.165) is 31.2 Å². The van der Waals surface area contributed by atoms with Crippen molar-refractivity contribution in [3.05, 3.63) is 65.5 Å². The molecule has 142 valence electrons. The molecule has 1 aliphatic carbocycles. The number of benzene rings is 2. The highest BCUT2D eigenvalue weighted by Crippen LogP contribution is 2.21. The molecule has 1 fully saturated rings. The van der Waals surface area contributed by atoms with Gasteiger partial charge in [0.05, 0.1) is 0 Å². The van der Waals surface area contributed by atoms with E-state index in [1.165, 1.54) is 12.1 Å². The Kier molecular flexibility index (Phi) is 6.41. The number of carbonyl (C=O) groups excluding carboxylic acids is 2. The van der Waals surface area contributed by atoms with Crippen molar-refractivity contribution in [3.63, 3.8) is 0 Å². The van der Waals surface area contributed by atoms with Crippen LogP contribution in [0.25, 0.3) is 0 Å². The molecule has 0 saturated heterocycles. The van der Waals surface area contributed by atoms with Crippen LogP contribution in [0.1, 0.15) is 41.6 Å². The first-order valence-corrected chi connectivity index (χ1v) is 9.04. The molecule has 6 heteroatoms. The van der Waals surface area contributed by atoms with E-state index in [1.54, 1.807) is 36.4 Å². The van der Waals surface area contributed by atoms with Crippen molar-refractivity contribution in [2.75, 3.05) is 6.61 Å². The molecule has 0 heterocycles. The van der Waals surface area contributed by atoms with Crippen molar-refractivity contribution in [1.29, 1.82) is 0 Å². The van der Waals surface area contributed by atoms with Crippen LogP contribution in [0, 0.1) is 5.82 Å². The highest BCUT2D eigenvalue weighted by molar-refractivity contribution is 5.94. The van der Waals surface area contributed by atoms with Gasteiger partial charge in [-0.15, -0.1) is 0 Å². The lowest BCUT2D eigenvalue weighted by Gasteiger charge is -2.13. The predicted octanol–water partition coefficient (Wildman–Crippen LogP) is 3.62. The number of carbonyl (C=O) groups is 2. The number of halogens is 1. The lowest BCUT2D eigenvalue weighted by Crippen LogP contribution is -2.35. The lowest BCUT2D eigenvalue weighted by atomic mass is 10.2. The Labute approximate surface area is 157 Å². The molecular formula is C21H22FNO4. The summed E-state index contributed by atoms with van der Waals surface area (Å²) in [6, 6.07) is 12.8. The quantitative estimate of drug-likeness (QED) is 0.755. The first kappa shape index (κ1) is 18.9. The number of rotatable bonds is 7. The van der Waals surface area contributed by atoms with Crippen molar-refractivity contribution in [3.8, 4) is 5.75 Å².